The molecule has 0 bridgehead atoms. The van der Waals surface area contributed by atoms with Crippen molar-refractivity contribution in [2.45, 2.75) is 12.2 Å². The molecule has 0 spiro atoms. The molecule has 5 nitrogen and oxygen atoms in total. The number of nitrogens with zero attached hydrogens (tertiary/aromatic N) is 2. The Hall–Kier alpha value is -1.93. The number of aromatic nitrogens is 1. The molecule has 2 aromatic carbocycles. The van der Waals surface area contributed by atoms with Gasteiger partial charge in [-0.1, -0.05) is 24.3 Å². The van der Waals surface area contributed by atoms with Crippen LogP contribution in [0.4, 0.5) is 5.69 Å². The van der Waals surface area contributed by atoms with Crippen LogP contribution in [0.3, 0.4) is 0 Å². The molecule has 0 aliphatic carbocycles. The molecule has 0 radical (unpaired) electrons. The lowest BCUT2D eigenvalue weighted by molar-refractivity contribution is -0.113. The molecular weight excluding hydrogens is 402 g/mol. The summed E-state index contributed by atoms with van der Waals surface area (Å²) in [4.78, 5) is 19.3. The van der Waals surface area contributed by atoms with Crippen molar-refractivity contribution in [1.29, 1.82) is 0 Å². The Morgan fingerprint density at radius 2 is 1.93 bits per heavy atom. The van der Waals surface area contributed by atoms with Gasteiger partial charge < -0.3 is 10.1 Å². The van der Waals surface area contributed by atoms with Crippen molar-refractivity contribution in [3.63, 3.8) is 0 Å². The highest BCUT2D eigenvalue weighted by atomic mass is 32.2. The second kappa shape index (κ2) is 10.2. The zero-order chi connectivity index (χ0) is 19.9. The van der Waals surface area contributed by atoms with Crippen molar-refractivity contribution in [3.05, 3.63) is 59.1 Å². The minimum atomic E-state index is 0.0252. The molecule has 0 saturated carbocycles. The smallest absolute Gasteiger partial charge is 0.234 e. The highest BCUT2D eigenvalue weighted by Gasteiger charge is 2.10. The fraction of sp³-hybridized carbons (Fsp3) is 0.364. The van der Waals surface area contributed by atoms with Crippen LogP contribution in [-0.2, 0) is 21.7 Å². The normalized spacial score (nSPS) is 14.9. The number of carbonyl (C=O) groups is 1. The van der Waals surface area contributed by atoms with E-state index in [1.807, 2.05) is 30.3 Å². The van der Waals surface area contributed by atoms with Gasteiger partial charge in [0, 0.05) is 31.1 Å². The van der Waals surface area contributed by atoms with E-state index in [0.29, 0.717) is 5.75 Å². The fourth-order valence-corrected chi connectivity index (χ4v) is 5.12. The highest BCUT2D eigenvalue weighted by Crippen LogP contribution is 2.24. The van der Waals surface area contributed by atoms with Gasteiger partial charge in [0.05, 0.1) is 29.2 Å². The third-order valence-electron chi connectivity index (χ3n) is 4.85. The standard InChI is InChI=1S/C22H25N3O2S2/c26-21(15-28-16-22-24-19-3-1-2-4-20(19)29-22)23-18-7-5-17(6-8-18)9-10-25-11-13-27-14-12-25/h1-8H,9-16H2,(H,23,26). The number of rotatable bonds is 8. The molecule has 1 aromatic heterocycles. The van der Waals surface area contributed by atoms with E-state index in [4.69, 9.17) is 4.74 Å². The van der Waals surface area contributed by atoms with Gasteiger partial charge in [0.25, 0.3) is 0 Å². The predicted octanol–water partition coefficient (Wildman–Crippen LogP) is 4.04. The first-order chi connectivity index (χ1) is 14.3. The maximum Gasteiger partial charge on any atom is 0.234 e. The number of anilines is 1. The molecule has 152 valence electrons. The number of morpholine rings is 1. The van der Waals surface area contributed by atoms with Crippen molar-refractivity contribution < 1.29 is 9.53 Å². The fourth-order valence-electron chi connectivity index (χ4n) is 3.28. The lowest BCUT2D eigenvalue weighted by Crippen LogP contribution is -2.37. The van der Waals surface area contributed by atoms with E-state index in [1.54, 1.807) is 23.1 Å². The number of nitrogens with one attached hydrogen (secondary N) is 1. The molecule has 29 heavy (non-hydrogen) atoms. The minimum Gasteiger partial charge on any atom is -0.379 e. The van der Waals surface area contributed by atoms with Crippen molar-refractivity contribution in [1.82, 2.24) is 9.88 Å². The van der Waals surface area contributed by atoms with Crippen molar-refractivity contribution in [3.8, 4) is 0 Å². The predicted molar refractivity (Wildman–Crippen MR) is 122 cm³/mol. The van der Waals surface area contributed by atoms with Crippen LogP contribution in [0.5, 0.6) is 0 Å². The number of carbonyl (C=O) groups excluding carboxylic acids is 1. The SMILES string of the molecule is O=C(CSCc1nc2ccccc2s1)Nc1ccc(CCN2CCOCC2)cc1. The van der Waals surface area contributed by atoms with Crippen molar-refractivity contribution in [2.75, 3.05) is 43.9 Å². The molecule has 7 heteroatoms. The van der Waals surface area contributed by atoms with Gasteiger partial charge >= 0.3 is 0 Å². The van der Waals surface area contributed by atoms with Gasteiger partial charge in [-0.25, -0.2) is 4.98 Å². The molecule has 4 rings (SSSR count). The Kier molecular flexibility index (Phi) is 7.16. The molecule has 1 aliphatic heterocycles. The lowest BCUT2D eigenvalue weighted by atomic mass is 10.1. The van der Waals surface area contributed by atoms with Gasteiger partial charge in [0.15, 0.2) is 0 Å². The van der Waals surface area contributed by atoms with Gasteiger partial charge in [0.2, 0.25) is 5.91 Å². The summed E-state index contributed by atoms with van der Waals surface area (Å²) < 4.78 is 6.58. The Morgan fingerprint density at radius 3 is 2.72 bits per heavy atom. The van der Waals surface area contributed by atoms with Crippen LogP contribution in [-0.4, -0.2) is 54.4 Å². The van der Waals surface area contributed by atoms with Gasteiger partial charge in [0.1, 0.15) is 5.01 Å². The maximum absolute atomic E-state index is 12.2. The van der Waals surface area contributed by atoms with Gasteiger partial charge in [-0.05, 0) is 36.2 Å². The number of hydrogen-bond acceptors (Lipinski definition) is 6. The summed E-state index contributed by atoms with van der Waals surface area (Å²) in [6.07, 6.45) is 1.02. The molecule has 1 amide bonds. The number of benzene rings is 2. The molecular formula is C22H25N3O2S2. The summed E-state index contributed by atoms with van der Waals surface area (Å²) in [6, 6.07) is 16.3. The quantitative estimate of drug-likeness (QED) is 0.588. The first kappa shape index (κ1) is 20.3. The van der Waals surface area contributed by atoms with Crippen LogP contribution >= 0.6 is 23.1 Å². The summed E-state index contributed by atoms with van der Waals surface area (Å²) >= 11 is 3.29. The number of para-hydroxylation sites is 1. The van der Waals surface area contributed by atoms with E-state index in [1.165, 1.54) is 10.3 Å². The summed E-state index contributed by atoms with van der Waals surface area (Å²) in [5.41, 5.74) is 3.18. The lowest BCUT2D eigenvalue weighted by Gasteiger charge is -2.26. The van der Waals surface area contributed by atoms with E-state index in [2.05, 4.69) is 33.4 Å². The average Bonchev–Trinajstić information content (AvgIpc) is 3.17. The molecule has 2 heterocycles. The molecule has 1 saturated heterocycles. The summed E-state index contributed by atoms with van der Waals surface area (Å²) in [5, 5.41) is 4.05. The minimum absolute atomic E-state index is 0.0252. The van der Waals surface area contributed by atoms with Crippen LogP contribution < -0.4 is 5.32 Å². The Morgan fingerprint density at radius 1 is 1.14 bits per heavy atom. The molecule has 1 fully saturated rings. The number of ether oxygens (including phenoxy) is 1. The monoisotopic (exact) mass is 427 g/mol. The van der Waals surface area contributed by atoms with Gasteiger partial charge in [-0.3, -0.25) is 9.69 Å². The van der Waals surface area contributed by atoms with E-state index in [0.717, 1.165) is 61.2 Å². The maximum atomic E-state index is 12.2. The highest BCUT2D eigenvalue weighted by molar-refractivity contribution is 7.99. The van der Waals surface area contributed by atoms with Crippen LogP contribution in [0.1, 0.15) is 10.6 Å². The summed E-state index contributed by atoms with van der Waals surface area (Å²) in [7, 11) is 0. The van der Waals surface area contributed by atoms with E-state index in [-0.39, 0.29) is 5.91 Å². The number of hydrogen-bond donors (Lipinski definition) is 1. The van der Waals surface area contributed by atoms with Crippen LogP contribution in [0.15, 0.2) is 48.5 Å². The Balaban J connectivity index is 1.19. The van der Waals surface area contributed by atoms with Crippen LogP contribution in [0, 0.1) is 0 Å². The third kappa shape index (κ3) is 6.02. The van der Waals surface area contributed by atoms with Crippen LogP contribution in [0.2, 0.25) is 0 Å². The Bertz CT molecular complexity index is 904. The first-order valence-electron chi connectivity index (χ1n) is 9.87. The van der Waals surface area contributed by atoms with E-state index < -0.39 is 0 Å². The van der Waals surface area contributed by atoms with Gasteiger partial charge in [-0.2, -0.15) is 0 Å². The van der Waals surface area contributed by atoms with Crippen molar-refractivity contribution in [2.24, 2.45) is 0 Å². The molecule has 1 N–H and O–H groups in total. The average molecular weight is 428 g/mol. The third-order valence-corrected chi connectivity index (χ3v) is 7.02. The van der Waals surface area contributed by atoms with E-state index in [9.17, 15) is 4.79 Å². The first-order valence-corrected chi connectivity index (χ1v) is 11.8. The van der Waals surface area contributed by atoms with Crippen molar-refractivity contribution >= 4 is 44.9 Å². The largest absolute Gasteiger partial charge is 0.379 e. The second-order valence-electron chi connectivity index (χ2n) is 7.02. The number of amides is 1. The van der Waals surface area contributed by atoms with Gasteiger partial charge in [-0.15, -0.1) is 23.1 Å². The second-order valence-corrected chi connectivity index (χ2v) is 9.12. The topological polar surface area (TPSA) is 54.5 Å². The molecule has 0 unspecified atom stereocenters. The molecule has 3 aromatic rings. The number of thioether (sulfide) groups is 1. The number of fused-ring (bicyclic) bond motifs is 1. The zero-order valence-corrected chi connectivity index (χ0v) is 17.9. The molecule has 1 aliphatic rings. The Labute approximate surface area is 179 Å². The van der Waals surface area contributed by atoms with E-state index >= 15 is 0 Å². The zero-order valence-electron chi connectivity index (χ0n) is 16.3. The molecule has 0 atom stereocenters. The summed E-state index contributed by atoms with van der Waals surface area (Å²) in [5.74, 6) is 1.21. The number of thiazole rings is 1. The van der Waals surface area contributed by atoms with Crippen LogP contribution in [0.25, 0.3) is 10.2 Å². The summed E-state index contributed by atoms with van der Waals surface area (Å²) in [6.45, 7) is 4.76.